The van der Waals surface area contributed by atoms with Gasteiger partial charge >= 0.3 is 5.97 Å². The molecule has 1 amide bonds. The van der Waals surface area contributed by atoms with Gasteiger partial charge in [0.1, 0.15) is 23.6 Å². The van der Waals surface area contributed by atoms with Crippen molar-refractivity contribution < 1.29 is 18.7 Å². The van der Waals surface area contributed by atoms with Crippen molar-refractivity contribution in [2.75, 3.05) is 17.2 Å². The first kappa shape index (κ1) is 18.1. The van der Waals surface area contributed by atoms with Crippen LogP contribution in [0.4, 0.5) is 11.5 Å². The summed E-state index contributed by atoms with van der Waals surface area (Å²) in [6, 6.07) is 11.6. The first-order valence-corrected chi connectivity index (χ1v) is 8.32. The van der Waals surface area contributed by atoms with Crippen LogP contribution in [0.25, 0.3) is 0 Å². The molecule has 27 heavy (non-hydrogen) atoms. The Balaban J connectivity index is 1.62. The summed E-state index contributed by atoms with van der Waals surface area (Å²) in [6.45, 7) is 2.49. The second kappa shape index (κ2) is 8.61. The zero-order valence-corrected chi connectivity index (χ0v) is 14.6. The highest BCUT2D eigenvalue weighted by molar-refractivity contribution is 6.03. The third-order valence-electron chi connectivity index (χ3n) is 3.58. The van der Waals surface area contributed by atoms with E-state index in [4.69, 9.17) is 9.15 Å². The average Bonchev–Trinajstić information content (AvgIpc) is 3.21. The van der Waals surface area contributed by atoms with Crippen LogP contribution in [0.5, 0.6) is 0 Å². The van der Waals surface area contributed by atoms with E-state index in [1.54, 1.807) is 49.6 Å². The summed E-state index contributed by atoms with van der Waals surface area (Å²) in [5.41, 5.74) is 1.17. The Bertz CT molecular complexity index is 908. The van der Waals surface area contributed by atoms with Crippen molar-refractivity contribution in [2.45, 2.75) is 13.5 Å². The molecule has 0 saturated carbocycles. The second-order valence-electron chi connectivity index (χ2n) is 5.47. The van der Waals surface area contributed by atoms with Gasteiger partial charge in [-0.2, -0.15) is 0 Å². The van der Waals surface area contributed by atoms with Crippen LogP contribution in [-0.2, 0) is 11.3 Å². The Morgan fingerprint density at radius 3 is 2.67 bits per heavy atom. The SMILES string of the molecule is CCOC(=O)c1ccc(NC(=O)c2cc(NCc3ccco3)ncn2)cc1. The van der Waals surface area contributed by atoms with Gasteiger partial charge in [-0.3, -0.25) is 4.79 Å². The molecule has 1 aromatic carbocycles. The minimum absolute atomic E-state index is 0.210. The van der Waals surface area contributed by atoms with Crippen LogP contribution in [0.1, 0.15) is 33.5 Å². The number of carbonyl (C=O) groups is 2. The summed E-state index contributed by atoms with van der Waals surface area (Å²) < 4.78 is 10.2. The highest BCUT2D eigenvalue weighted by atomic mass is 16.5. The predicted molar refractivity (Wildman–Crippen MR) is 98.4 cm³/mol. The number of furan rings is 1. The lowest BCUT2D eigenvalue weighted by atomic mass is 10.2. The van der Waals surface area contributed by atoms with E-state index in [1.165, 1.54) is 6.33 Å². The maximum atomic E-state index is 12.4. The van der Waals surface area contributed by atoms with E-state index in [0.29, 0.717) is 30.2 Å². The Morgan fingerprint density at radius 2 is 1.96 bits per heavy atom. The van der Waals surface area contributed by atoms with E-state index < -0.39 is 5.97 Å². The van der Waals surface area contributed by atoms with Crippen LogP contribution in [0.3, 0.4) is 0 Å². The number of amides is 1. The van der Waals surface area contributed by atoms with Gasteiger partial charge in [-0.05, 0) is 43.3 Å². The number of rotatable bonds is 7. The smallest absolute Gasteiger partial charge is 0.338 e. The van der Waals surface area contributed by atoms with Crippen molar-refractivity contribution in [1.82, 2.24) is 9.97 Å². The maximum absolute atomic E-state index is 12.4. The molecular weight excluding hydrogens is 348 g/mol. The van der Waals surface area contributed by atoms with Crippen LogP contribution < -0.4 is 10.6 Å². The van der Waals surface area contributed by atoms with Gasteiger partial charge in [0.25, 0.3) is 5.91 Å². The van der Waals surface area contributed by atoms with Gasteiger partial charge in [0.05, 0.1) is 25.0 Å². The van der Waals surface area contributed by atoms with Crippen LogP contribution >= 0.6 is 0 Å². The molecule has 2 aromatic heterocycles. The summed E-state index contributed by atoms with van der Waals surface area (Å²) in [4.78, 5) is 32.1. The lowest BCUT2D eigenvalue weighted by Crippen LogP contribution is -2.15. The van der Waals surface area contributed by atoms with Crippen molar-refractivity contribution in [3.05, 3.63) is 72.1 Å². The number of anilines is 2. The topological polar surface area (TPSA) is 106 Å². The molecule has 0 aliphatic heterocycles. The number of hydrogen-bond donors (Lipinski definition) is 2. The number of carbonyl (C=O) groups excluding carboxylic acids is 2. The van der Waals surface area contributed by atoms with Crippen LogP contribution in [-0.4, -0.2) is 28.5 Å². The number of esters is 1. The van der Waals surface area contributed by atoms with Gasteiger partial charge in [0, 0.05) is 11.8 Å². The van der Waals surface area contributed by atoms with Crippen LogP contribution in [0.2, 0.25) is 0 Å². The molecule has 0 spiro atoms. The molecule has 3 aromatic rings. The Labute approximate surface area is 155 Å². The first-order chi connectivity index (χ1) is 13.2. The highest BCUT2D eigenvalue weighted by Gasteiger charge is 2.11. The van der Waals surface area contributed by atoms with E-state index in [1.807, 2.05) is 6.07 Å². The van der Waals surface area contributed by atoms with Crippen molar-refractivity contribution in [3.63, 3.8) is 0 Å². The second-order valence-corrected chi connectivity index (χ2v) is 5.47. The van der Waals surface area contributed by atoms with Gasteiger partial charge in [-0.1, -0.05) is 0 Å². The number of ether oxygens (including phenoxy) is 1. The summed E-state index contributed by atoms with van der Waals surface area (Å²) >= 11 is 0. The zero-order chi connectivity index (χ0) is 19.1. The largest absolute Gasteiger partial charge is 0.467 e. The Kier molecular flexibility index (Phi) is 5.78. The van der Waals surface area contributed by atoms with Gasteiger partial charge in [-0.15, -0.1) is 0 Å². The normalized spacial score (nSPS) is 10.3. The maximum Gasteiger partial charge on any atom is 0.338 e. The fourth-order valence-corrected chi connectivity index (χ4v) is 2.27. The fourth-order valence-electron chi connectivity index (χ4n) is 2.27. The standard InChI is InChI=1S/C19H18N4O4/c1-2-26-19(25)13-5-7-14(8-6-13)23-18(24)16-10-17(22-12-21-16)20-11-15-4-3-9-27-15/h3-10,12H,2,11H2,1H3,(H,23,24)(H,20,21,22). The van der Waals surface area contributed by atoms with Gasteiger partial charge in [0.15, 0.2) is 0 Å². The lowest BCUT2D eigenvalue weighted by Gasteiger charge is -2.08. The van der Waals surface area contributed by atoms with Gasteiger partial charge in [0.2, 0.25) is 0 Å². The van der Waals surface area contributed by atoms with Crippen molar-refractivity contribution >= 4 is 23.4 Å². The van der Waals surface area contributed by atoms with E-state index in [9.17, 15) is 9.59 Å². The fraction of sp³-hybridized carbons (Fsp3) is 0.158. The third-order valence-corrected chi connectivity index (χ3v) is 3.58. The molecule has 0 radical (unpaired) electrons. The zero-order valence-electron chi connectivity index (χ0n) is 14.6. The van der Waals surface area contributed by atoms with Crippen LogP contribution in [0.15, 0.2) is 59.5 Å². The number of aromatic nitrogens is 2. The van der Waals surface area contributed by atoms with Gasteiger partial charge < -0.3 is 19.8 Å². The Morgan fingerprint density at radius 1 is 1.15 bits per heavy atom. The first-order valence-electron chi connectivity index (χ1n) is 8.32. The summed E-state index contributed by atoms with van der Waals surface area (Å²) in [6.07, 6.45) is 2.90. The van der Waals surface area contributed by atoms with Crippen molar-refractivity contribution in [3.8, 4) is 0 Å². The van der Waals surface area contributed by atoms with E-state index in [0.717, 1.165) is 5.76 Å². The molecule has 0 bridgehead atoms. The molecule has 8 heteroatoms. The van der Waals surface area contributed by atoms with E-state index in [2.05, 4.69) is 20.6 Å². The molecule has 0 unspecified atom stereocenters. The molecule has 0 atom stereocenters. The van der Waals surface area contributed by atoms with E-state index >= 15 is 0 Å². The molecule has 0 aliphatic carbocycles. The number of nitrogens with one attached hydrogen (secondary N) is 2. The predicted octanol–water partition coefficient (Wildman–Crippen LogP) is 3.11. The Hall–Kier alpha value is -3.68. The minimum atomic E-state index is -0.404. The summed E-state index contributed by atoms with van der Waals surface area (Å²) in [7, 11) is 0. The molecule has 138 valence electrons. The van der Waals surface area contributed by atoms with Crippen molar-refractivity contribution in [2.24, 2.45) is 0 Å². The number of nitrogens with zero attached hydrogens (tertiary/aromatic N) is 2. The highest BCUT2D eigenvalue weighted by Crippen LogP contribution is 2.13. The minimum Gasteiger partial charge on any atom is -0.467 e. The monoisotopic (exact) mass is 366 g/mol. The number of benzene rings is 1. The molecule has 3 rings (SSSR count). The molecular formula is C19H18N4O4. The summed E-state index contributed by atoms with van der Waals surface area (Å²) in [5.74, 6) is 0.464. The molecule has 0 fully saturated rings. The molecule has 0 aliphatic rings. The lowest BCUT2D eigenvalue weighted by molar-refractivity contribution is 0.0526. The van der Waals surface area contributed by atoms with Crippen molar-refractivity contribution in [1.29, 1.82) is 0 Å². The van der Waals surface area contributed by atoms with E-state index in [-0.39, 0.29) is 11.6 Å². The summed E-state index contributed by atoms with van der Waals surface area (Å²) in [5, 5.41) is 5.79. The molecule has 2 N–H and O–H groups in total. The third kappa shape index (κ3) is 4.91. The van der Waals surface area contributed by atoms with Gasteiger partial charge in [-0.25, -0.2) is 14.8 Å². The quantitative estimate of drug-likeness (QED) is 0.619. The molecule has 2 heterocycles. The molecule has 0 saturated heterocycles. The number of hydrogen-bond acceptors (Lipinski definition) is 7. The average molecular weight is 366 g/mol. The molecule has 8 nitrogen and oxygen atoms in total. The van der Waals surface area contributed by atoms with Crippen LogP contribution in [0, 0.1) is 0 Å².